The molecule has 0 amide bonds. The quantitative estimate of drug-likeness (QED) is 0.883. The molecule has 4 heteroatoms. The zero-order valence-electron chi connectivity index (χ0n) is 10.7. The average Bonchev–Trinajstić information content (AvgIpc) is 2.83. The number of aryl methyl sites for hydroxylation is 1. The van der Waals surface area contributed by atoms with E-state index in [0.717, 1.165) is 21.3 Å². The largest absolute Gasteiger partial charge is 0.463 e. The van der Waals surface area contributed by atoms with Gasteiger partial charge in [-0.2, -0.15) is 0 Å². The van der Waals surface area contributed by atoms with Gasteiger partial charge < -0.3 is 10.2 Å². The van der Waals surface area contributed by atoms with E-state index in [1.165, 1.54) is 0 Å². The second kappa shape index (κ2) is 4.27. The number of thiazole rings is 1. The first-order valence-corrected chi connectivity index (χ1v) is 6.48. The van der Waals surface area contributed by atoms with Crippen LogP contribution in [0.25, 0.3) is 11.5 Å². The predicted molar refractivity (Wildman–Crippen MR) is 70.9 cm³/mol. The summed E-state index contributed by atoms with van der Waals surface area (Å²) in [6.45, 7) is 8.43. The number of nitrogens with zero attached hydrogens (tertiary/aromatic N) is 1. The molecule has 17 heavy (non-hydrogen) atoms. The molecule has 1 atom stereocenters. The molecule has 0 saturated heterocycles. The Labute approximate surface area is 106 Å². The normalized spacial score (nSPS) is 13.9. The van der Waals surface area contributed by atoms with Crippen molar-refractivity contribution < 1.29 is 4.42 Å². The minimum atomic E-state index is -0.0464. The van der Waals surface area contributed by atoms with Gasteiger partial charge in [0.05, 0.1) is 12.3 Å². The molecule has 92 valence electrons. The maximum Gasteiger partial charge on any atom is 0.153 e. The molecule has 0 spiro atoms. The Kier molecular flexibility index (Phi) is 3.10. The van der Waals surface area contributed by atoms with Crippen molar-refractivity contribution in [1.29, 1.82) is 0 Å². The third kappa shape index (κ3) is 2.42. The molecule has 3 nitrogen and oxygen atoms in total. The summed E-state index contributed by atoms with van der Waals surface area (Å²) >= 11 is 1.65. The smallest absolute Gasteiger partial charge is 0.153 e. The summed E-state index contributed by atoms with van der Waals surface area (Å²) < 4.78 is 5.38. The maximum absolute atomic E-state index is 6.22. The van der Waals surface area contributed by atoms with Crippen LogP contribution in [-0.2, 0) is 0 Å². The van der Waals surface area contributed by atoms with Gasteiger partial charge in [-0.15, -0.1) is 11.3 Å². The van der Waals surface area contributed by atoms with Gasteiger partial charge >= 0.3 is 0 Å². The topological polar surface area (TPSA) is 52.0 Å². The molecule has 2 aromatic heterocycles. The van der Waals surface area contributed by atoms with Crippen molar-refractivity contribution in [2.24, 2.45) is 11.1 Å². The molecule has 0 saturated carbocycles. The molecule has 0 aliphatic heterocycles. The molecule has 0 radical (unpaired) electrons. The van der Waals surface area contributed by atoms with Crippen LogP contribution in [-0.4, -0.2) is 4.98 Å². The molecule has 2 heterocycles. The van der Waals surface area contributed by atoms with E-state index in [2.05, 4.69) is 32.7 Å². The van der Waals surface area contributed by atoms with E-state index < -0.39 is 0 Å². The molecular weight excluding hydrogens is 232 g/mol. The third-order valence-electron chi connectivity index (χ3n) is 2.77. The van der Waals surface area contributed by atoms with E-state index in [1.54, 1.807) is 17.6 Å². The Bertz CT molecular complexity index is 494. The molecule has 0 bridgehead atoms. The van der Waals surface area contributed by atoms with Gasteiger partial charge in [-0.05, 0) is 24.5 Å². The van der Waals surface area contributed by atoms with Gasteiger partial charge in [0.25, 0.3) is 0 Å². The van der Waals surface area contributed by atoms with Crippen LogP contribution < -0.4 is 5.73 Å². The lowest BCUT2D eigenvalue weighted by molar-refractivity contribution is 0.326. The molecule has 0 aliphatic rings. The van der Waals surface area contributed by atoms with E-state index in [4.69, 9.17) is 10.2 Å². The van der Waals surface area contributed by atoms with Crippen LogP contribution in [0.2, 0.25) is 0 Å². The first-order valence-electron chi connectivity index (χ1n) is 5.66. The summed E-state index contributed by atoms with van der Waals surface area (Å²) in [5.74, 6) is 0.811. The predicted octanol–water partition coefficient (Wildman–Crippen LogP) is 3.76. The molecule has 2 N–H and O–H groups in total. The van der Waals surface area contributed by atoms with E-state index >= 15 is 0 Å². The molecular formula is C13H18N2OS. The van der Waals surface area contributed by atoms with Crippen molar-refractivity contribution in [2.75, 3.05) is 0 Å². The number of rotatable bonds is 2. The highest BCUT2D eigenvalue weighted by Crippen LogP contribution is 2.36. The van der Waals surface area contributed by atoms with E-state index in [-0.39, 0.29) is 11.5 Å². The van der Waals surface area contributed by atoms with Crippen LogP contribution in [0.1, 0.15) is 36.7 Å². The summed E-state index contributed by atoms with van der Waals surface area (Å²) in [7, 11) is 0. The molecule has 0 aliphatic carbocycles. The fraction of sp³-hybridized carbons (Fsp3) is 0.462. The molecule has 2 rings (SSSR count). The fourth-order valence-electron chi connectivity index (χ4n) is 1.56. The lowest BCUT2D eigenvalue weighted by Crippen LogP contribution is -2.26. The zero-order valence-corrected chi connectivity index (χ0v) is 11.5. The highest BCUT2D eigenvalue weighted by Gasteiger charge is 2.26. The molecule has 0 fully saturated rings. The second-order valence-electron chi connectivity index (χ2n) is 5.28. The van der Waals surface area contributed by atoms with Crippen LogP contribution >= 0.6 is 11.3 Å². The first kappa shape index (κ1) is 12.3. The number of hydrogen-bond donors (Lipinski definition) is 1. The SMILES string of the molecule is Cc1sc(C(N)C(C)(C)C)nc1-c1ccco1. The van der Waals surface area contributed by atoms with E-state index in [9.17, 15) is 0 Å². The fourth-order valence-corrected chi connectivity index (χ4v) is 2.74. The minimum absolute atomic E-state index is 0.0186. The van der Waals surface area contributed by atoms with Crippen molar-refractivity contribution in [2.45, 2.75) is 33.7 Å². The van der Waals surface area contributed by atoms with Gasteiger partial charge in [0, 0.05) is 4.88 Å². The lowest BCUT2D eigenvalue weighted by atomic mass is 9.88. The number of furan rings is 1. The third-order valence-corrected chi connectivity index (χ3v) is 3.82. The van der Waals surface area contributed by atoms with Crippen molar-refractivity contribution in [3.63, 3.8) is 0 Å². The Morgan fingerprint density at radius 1 is 1.41 bits per heavy atom. The van der Waals surface area contributed by atoms with Crippen LogP contribution in [0.5, 0.6) is 0 Å². The Hall–Kier alpha value is -1.13. The molecule has 2 aromatic rings. The van der Waals surface area contributed by atoms with Crippen molar-refractivity contribution in [1.82, 2.24) is 4.98 Å². The van der Waals surface area contributed by atoms with Crippen molar-refractivity contribution in [3.05, 3.63) is 28.3 Å². The summed E-state index contributed by atoms with van der Waals surface area (Å²) in [4.78, 5) is 5.77. The molecule has 0 aromatic carbocycles. The highest BCUT2D eigenvalue weighted by atomic mass is 32.1. The Morgan fingerprint density at radius 3 is 2.65 bits per heavy atom. The van der Waals surface area contributed by atoms with Crippen LogP contribution in [0.15, 0.2) is 22.8 Å². The summed E-state index contributed by atoms with van der Waals surface area (Å²) in [5.41, 5.74) is 7.16. The Morgan fingerprint density at radius 2 is 2.12 bits per heavy atom. The van der Waals surface area contributed by atoms with Crippen molar-refractivity contribution in [3.8, 4) is 11.5 Å². The van der Waals surface area contributed by atoms with Crippen LogP contribution in [0.3, 0.4) is 0 Å². The van der Waals surface area contributed by atoms with Gasteiger partial charge in [0.1, 0.15) is 10.7 Å². The van der Waals surface area contributed by atoms with E-state index in [1.807, 2.05) is 12.1 Å². The van der Waals surface area contributed by atoms with Crippen LogP contribution in [0, 0.1) is 12.3 Å². The number of nitrogens with two attached hydrogens (primary N) is 1. The van der Waals surface area contributed by atoms with Gasteiger partial charge in [-0.1, -0.05) is 20.8 Å². The number of hydrogen-bond acceptors (Lipinski definition) is 4. The van der Waals surface area contributed by atoms with Crippen molar-refractivity contribution >= 4 is 11.3 Å². The average molecular weight is 250 g/mol. The lowest BCUT2D eigenvalue weighted by Gasteiger charge is -2.24. The summed E-state index contributed by atoms with van der Waals surface area (Å²) in [6, 6.07) is 3.75. The summed E-state index contributed by atoms with van der Waals surface area (Å²) in [6.07, 6.45) is 1.66. The Balaban J connectivity index is 2.38. The van der Waals surface area contributed by atoms with Gasteiger partial charge in [-0.3, -0.25) is 0 Å². The second-order valence-corrected chi connectivity index (χ2v) is 6.51. The maximum atomic E-state index is 6.22. The standard InChI is InChI=1S/C13H18N2OS/c1-8-10(9-6-5-7-16-9)15-12(17-8)11(14)13(2,3)4/h5-7,11H,14H2,1-4H3. The van der Waals surface area contributed by atoms with Gasteiger partial charge in [-0.25, -0.2) is 4.98 Å². The van der Waals surface area contributed by atoms with Crippen LogP contribution in [0.4, 0.5) is 0 Å². The highest BCUT2D eigenvalue weighted by molar-refractivity contribution is 7.12. The van der Waals surface area contributed by atoms with Gasteiger partial charge in [0.2, 0.25) is 0 Å². The molecule has 1 unspecified atom stereocenters. The first-order chi connectivity index (χ1) is 7.89. The monoisotopic (exact) mass is 250 g/mol. The van der Waals surface area contributed by atoms with E-state index in [0.29, 0.717) is 0 Å². The zero-order chi connectivity index (χ0) is 12.6. The van der Waals surface area contributed by atoms with Gasteiger partial charge in [0.15, 0.2) is 5.76 Å². The summed E-state index contributed by atoms with van der Waals surface area (Å²) in [5, 5.41) is 0.974. The minimum Gasteiger partial charge on any atom is -0.463 e. The number of aromatic nitrogens is 1.